The van der Waals surface area contributed by atoms with Crippen LogP contribution in [0, 0.1) is 12.8 Å². The van der Waals surface area contributed by atoms with Crippen molar-refractivity contribution in [2.75, 3.05) is 6.54 Å². The van der Waals surface area contributed by atoms with Crippen LogP contribution >= 0.6 is 0 Å². The Kier molecular flexibility index (Phi) is 9.23. The Balaban J connectivity index is 0.000000388. The van der Waals surface area contributed by atoms with E-state index >= 15 is 0 Å². The summed E-state index contributed by atoms with van der Waals surface area (Å²) in [5.74, 6) is 0.723. The minimum absolute atomic E-state index is 0.663. The van der Waals surface area contributed by atoms with Crippen molar-refractivity contribution in [3.05, 3.63) is 70.8 Å². The van der Waals surface area contributed by atoms with Crippen molar-refractivity contribution >= 4 is 0 Å². The minimum Gasteiger partial charge on any atom is -0.327 e. The van der Waals surface area contributed by atoms with Gasteiger partial charge in [-0.25, -0.2) is 0 Å². The number of hydrogen-bond acceptors (Lipinski definition) is 1. The Labute approximate surface area is 155 Å². The van der Waals surface area contributed by atoms with E-state index in [2.05, 4.69) is 57.2 Å². The second-order valence-electron chi connectivity index (χ2n) is 6.62. The fourth-order valence-corrected chi connectivity index (χ4v) is 3.23. The van der Waals surface area contributed by atoms with E-state index in [4.69, 9.17) is 5.73 Å². The first kappa shape index (κ1) is 21.2. The first-order chi connectivity index (χ1) is 12.1. The molecule has 2 N–H and O–H groups in total. The normalized spacial score (nSPS) is 11.4. The van der Waals surface area contributed by atoms with E-state index in [9.17, 15) is 0 Å². The predicted octanol–water partition coefficient (Wildman–Crippen LogP) is 6.31. The molecule has 0 saturated heterocycles. The van der Waals surface area contributed by atoms with Crippen LogP contribution < -0.4 is 5.73 Å². The summed E-state index contributed by atoms with van der Waals surface area (Å²) < 4.78 is 0. The van der Waals surface area contributed by atoms with Crippen LogP contribution in [-0.2, 0) is 12.8 Å². The lowest BCUT2D eigenvalue weighted by atomic mass is 9.95. The van der Waals surface area contributed by atoms with Crippen LogP contribution in [0.15, 0.2) is 48.6 Å². The number of benzene rings is 2. The van der Waals surface area contributed by atoms with Gasteiger partial charge >= 0.3 is 0 Å². The highest BCUT2D eigenvalue weighted by molar-refractivity contribution is 5.79. The molecule has 0 atom stereocenters. The molecule has 0 spiro atoms. The third-order valence-electron chi connectivity index (χ3n) is 4.33. The summed E-state index contributed by atoms with van der Waals surface area (Å²) >= 11 is 0. The molecule has 136 valence electrons. The van der Waals surface area contributed by atoms with Crippen molar-refractivity contribution in [2.24, 2.45) is 11.7 Å². The van der Waals surface area contributed by atoms with E-state index in [0.717, 1.165) is 12.3 Å². The molecular formula is C24H35N. The van der Waals surface area contributed by atoms with Crippen molar-refractivity contribution in [2.45, 2.75) is 54.4 Å². The molecule has 0 aromatic heterocycles. The molecule has 1 aliphatic rings. The molecule has 0 unspecified atom stereocenters. The minimum atomic E-state index is 0.663. The monoisotopic (exact) mass is 337 g/mol. The molecule has 0 saturated carbocycles. The average molecular weight is 338 g/mol. The maximum Gasteiger partial charge on any atom is 0.0106 e. The Hall–Kier alpha value is -1.86. The number of aryl methyl sites for hydroxylation is 1. The standard InChI is InChI=1S/C18H20.C4H9N.C2H6/c1-12(2)10-14-7-5-9-16-15-8-4-6-13(3)17(15)11-18(14)16;1-2-3-4-5;1-2/h4-9,12H,10-11H2,1-3H3;2-3H,4-5H2,1H3;1-2H3/b;3-2-;. The van der Waals surface area contributed by atoms with Gasteiger partial charge in [0.25, 0.3) is 0 Å². The summed E-state index contributed by atoms with van der Waals surface area (Å²) in [6.07, 6.45) is 6.15. The van der Waals surface area contributed by atoms with Gasteiger partial charge in [-0.2, -0.15) is 0 Å². The highest BCUT2D eigenvalue weighted by Gasteiger charge is 2.21. The number of fused-ring (bicyclic) bond motifs is 3. The first-order valence-corrected chi connectivity index (χ1v) is 9.59. The van der Waals surface area contributed by atoms with E-state index in [0.29, 0.717) is 6.54 Å². The predicted molar refractivity (Wildman–Crippen MR) is 113 cm³/mol. The average Bonchev–Trinajstić information content (AvgIpc) is 2.99. The Morgan fingerprint density at radius 3 is 2.12 bits per heavy atom. The molecule has 1 nitrogen and oxygen atoms in total. The van der Waals surface area contributed by atoms with Crippen molar-refractivity contribution in [3.63, 3.8) is 0 Å². The molecule has 0 heterocycles. The van der Waals surface area contributed by atoms with Crippen molar-refractivity contribution < 1.29 is 0 Å². The van der Waals surface area contributed by atoms with Crippen LogP contribution in [0.4, 0.5) is 0 Å². The van der Waals surface area contributed by atoms with E-state index in [1.165, 1.54) is 34.2 Å². The van der Waals surface area contributed by atoms with Gasteiger partial charge < -0.3 is 5.73 Å². The highest BCUT2D eigenvalue weighted by Crippen LogP contribution is 2.40. The lowest BCUT2D eigenvalue weighted by Crippen LogP contribution is -1.98. The van der Waals surface area contributed by atoms with Gasteiger partial charge in [-0.05, 0) is 66.0 Å². The molecular weight excluding hydrogens is 302 g/mol. The van der Waals surface area contributed by atoms with Crippen molar-refractivity contribution in [3.8, 4) is 11.1 Å². The van der Waals surface area contributed by atoms with Gasteiger partial charge in [0.05, 0.1) is 0 Å². The summed E-state index contributed by atoms with van der Waals surface area (Å²) in [4.78, 5) is 0. The van der Waals surface area contributed by atoms with E-state index in [1.54, 1.807) is 5.56 Å². The van der Waals surface area contributed by atoms with Gasteiger partial charge in [-0.15, -0.1) is 0 Å². The van der Waals surface area contributed by atoms with Gasteiger partial charge in [0, 0.05) is 6.54 Å². The number of hydrogen-bond donors (Lipinski definition) is 1. The van der Waals surface area contributed by atoms with Gasteiger partial charge in [0.1, 0.15) is 0 Å². The molecule has 1 heteroatoms. The second-order valence-corrected chi connectivity index (χ2v) is 6.62. The summed E-state index contributed by atoms with van der Waals surface area (Å²) in [6, 6.07) is 13.5. The van der Waals surface area contributed by atoms with Gasteiger partial charge in [0.2, 0.25) is 0 Å². The molecule has 0 bridgehead atoms. The molecule has 0 radical (unpaired) electrons. The lowest BCUT2D eigenvalue weighted by Gasteiger charge is -2.10. The van der Waals surface area contributed by atoms with Gasteiger partial charge in [-0.1, -0.05) is 76.2 Å². The molecule has 0 fully saturated rings. The molecule has 3 rings (SSSR count). The first-order valence-electron chi connectivity index (χ1n) is 9.59. The topological polar surface area (TPSA) is 26.0 Å². The fourth-order valence-electron chi connectivity index (χ4n) is 3.23. The number of rotatable bonds is 3. The maximum atomic E-state index is 5.05. The largest absolute Gasteiger partial charge is 0.327 e. The van der Waals surface area contributed by atoms with Crippen LogP contribution in [0.25, 0.3) is 11.1 Å². The van der Waals surface area contributed by atoms with Crippen LogP contribution in [0.3, 0.4) is 0 Å². The maximum absolute atomic E-state index is 5.05. The molecule has 2 aromatic rings. The summed E-state index contributed by atoms with van der Waals surface area (Å²) in [7, 11) is 0. The fraction of sp³-hybridized carbons (Fsp3) is 0.417. The quantitative estimate of drug-likeness (QED) is 0.557. The second kappa shape index (κ2) is 10.9. The third kappa shape index (κ3) is 5.57. The van der Waals surface area contributed by atoms with E-state index < -0.39 is 0 Å². The Morgan fingerprint density at radius 1 is 1.00 bits per heavy atom. The third-order valence-corrected chi connectivity index (χ3v) is 4.33. The summed E-state index contributed by atoms with van der Waals surface area (Å²) in [6.45, 7) is 13.4. The Bertz CT molecular complexity index is 680. The van der Waals surface area contributed by atoms with Crippen LogP contribution in [0.1, 0.15) is 56.9 Å². The van der Waals surface area contributed by atoms with Crippen molar-refractivity contribution in [1.82, 2.24) is 0 Å². The zero-order chi connectivity index (χ0) is 18.8. The molecule has 1 aliphatic carbocycles. The summed E-state index contributed by atoms with van der Waals surface area (Å²) in [5.41, 5.74) is 14.0. The zero-order valence-corrected chi connectivity index (χ0v) is 16.9. The zero-order valence-electron chi connectivity index (χ0n) is 16.9. The van der Waals surface area contributed by atoms with Crippen LogP contribution in [-0.4, -0.2) is 6.54 Å². The highest BCUT2D eigenvalue weighted by atomic mass is 14.5. The van der Waals surface area contributed by atoms with Crippen LogP contribution in [0.2, 0.25) is 0 Å². The number of nitrogens with two attached hydrogens (primary N) is 1. The molecule has 25 heavy (non-hydrogen) atoms. The smallest absolute Gasteiger partial charge is 0.0106 e. The van der Waals surface area contributed by atoms with Crippen LogP contribution in [0.5, 0.6) is 0 Å². The molecule has 0 amide bonds. The molecule has 0 aliphatic heterocycles. The Morgan fingerprint density at radius 2 is 1.60 bits per heavy atom. The molecule has 2 aromatic carbocycles. The van der Waals surface area contributed by atoms with Gasteiger partial charge in [-0.3, -0.25) is 0 Å². The van der Waals surface area contributed by atoms with E-state index in [-0.39, 0.29) is 0 Å². The number of allylic oxidation sites excluding steroid dienone is 1. The SMILES string of the molecule is C/C=C\CN.CC.Cc1cccc2c1Cc1c(CC(C)C)cccc1-2. The van der Waals surface area contributed by atoms with Crippen molar-refractivity contribution in [1.29, 1.82) is 0 Å². The van der Waals surface area contributed by atoms with Gasteiger partial charge in [0.15, 0.2) is 0 Å². The summed E-state index contributed by atoms with van der Waals surface area (Å²) in [5, 5.41) is 0. The lowest BCUT2D eigenvalue weighted by molar-refractivity contribution is 0.644. The van der Waals surface area contributed by atoms with E-state index in [1.807, 2.05) is 32.9 Å².